The molecule has 3 aromatic heterocycles. The number of carbonyl (C=O) groups excluding carboxylic acids is 1. The molecule has 1 amide bonds. The summed E-state index contributed by atoms with van der Waals surface area (Å²) >= 11 is 2.35. The summed E-state index contributed by atoms with van der Waals surface area (Å²) in [6.07, 6.45) is -1.53. The highest BCUT2D eigenvalue weighted by Gasteiger charge is 2.36. The first-order valence-corrected chi connectivity index (χ1v) is 10.3. The summed E-state index contributed by atoms with van der Waals surface area (Å²) in [5.74, 6) is 0.0673. The second-order valence-electron chi connectivity index (χ2n) is 6.01. The van der Waals surface area contributed by atoms with Crippen molar-refractivity contribution in [1.29, 1.82) is 0 Å². The van der Waals surface area contributed by atoms with Gasteiger partial charge in [-0.3, -0.25) is 4.79 Å². The second kappa shape index (κ2) is 7.99. The number of halogens is 3. The van der Waals surface area contributed by atoms with Crippen molar-refractivity contribution in [3.63, 3.8) is 0 Å². The van der Waals surface area contributed by atoms with Crippen LogP contribution in [0.3, 0.4) is 0 Å². The fourth-order valence-corrected chi connectivity index (χ4v) is 4.20. The van der Waals surface area contributed by atoms with Crippen LogP contribution in [0, 0.1) is 0 Å². The molecule has 0 fully saturated rings. The molecule has 1 aliphatic rings. The fourth-order valence-electron chi connectivity index (χ4n) is 2.80. The summed E-state index contributed by atoms with van der Waals surface area (Å²) in [6, 6.07) is 7.69. The molecule has 1 atom stereocenters. The summed E-state index contributed by atoms with van der Waals surface area (Å²) in [5, 5.41) is 7.58. The van der Waals surface area contributed by atoms with Gasteiger partial charge in [0, 0.05) is 12.6 Å². The monoisotopic (exact) mass is 438 g/mol. The predicted molar refractivity (Wildman–Crippen MR) is 102 cm³/mol. The number of amides is 1. The molecule has 150 valence electrons. The molecule has 0 saturated carbocycles. The Labute approximate surface area is 171 Å². The summed E-state index contributed by atoms with van der Waals surface area (Å²) < 4.78 is 43.8. The molecule has 0 spiro atoms. The molecule has 0 aliphatic carbocycles. The molecule has 0 unspecified atom stereocenters. The Kier molecular flexibility index (Phi) is 5.41. The van der Waals surface area contributed by atoms with E-state index in [1.807, 2.05) is 17.5 Å². The minimum absolute atomic E-state index is 0.121. The van der Waals surface area contributed by atoms with Gasteiger partial charge in [0.25, 0.3) is 5.91 Å². The van der Waals surface area contributed by atoms with Gasteiger partial charge in [0.2, 0.25) is 0 Å². The van der Waals surface area contributed by atoms with E-state index in [2.05, 4.69) is 15.1 Å². The van der Waals surface area contributed by atoms with Crippen LogP contribution in [0.15, 0.2) is 62.8 Å². The van der Waals surface area contributed by atoms with E-state index in [9.17, 15) is 18.0 Å². The number of carbonyl (C=O) groups is 1. The van der Waals surface area contributed by atoms with Crippen LogP contribution < -0.4 is 0 Å². The van der Waals surface area contributed by atoms with Crippen molar-refractivity contribution in [2.75, 3.05) is 5.75 Å². The number of aromatic nitrogens is 2. The van der Waals surface area contributed by atoms with Crippen molar-refractivity contribution >= 4 is 34.7 Å². The third-order valence-corrected chi connectivity index (χ3v) is 5.86. The van der Waals surface area contributed by atoms with Gasteiger partial charge in [-0.25, -0.2) is 15.0 Å². The van der Waals surface area contributed by atoms with E-state index < -0.39 is 17.9 Å². The van der Waals surface area contributed by atoms with Crippen LogP contribution in [0.25, 0.3) is 0 Å². The Morgan fingerprint density at radius 1 is 1.31 bits per heavy atom. The van der Waals surface area contributed by atoms with Gasteiger partial charge in [-0.1, -0.05) is 17.8 Å². The highest BCUT2D eigenvalue weighted by atomic mass is 32.2. The zero-order valence-electron chi connectivity index (χ0n) is 14.7. The average Bonchev–Trinajstić information content (AvgIpc) is 3.46. The molecule has 0 saturated heterocycles. The maximum atomic E-state index is 12.8. The van der Waals surface area contributed by atoms with Gasteiger partial charge in [-0.05, 0) is 29.6 Å². The number of thiophene rings is 1. The molecule has 1 aliphatic heterocycles. The standard InChI is InChI=1S/C18H13F3N4O2S2/c19-18(20,21)15-5-6-22-17(23-15)29-10-16(26)25-12(13-3-1-7-27-13)9-11(24-25)14-4-2-8-28-14/h1-8,12H,9-10H2/t12-/m1/s1. The highest BCUT2D eigenvalue weighted by Crippen LogP contribution is 2.35. The van der Waals surface area contributed by atoms with Crippen molar-refractivity contribution in [3.8, 4) is 0 Å². The number of hydrogen-bond donors (Lipinski definition) is 0. The quantitative estimate of drug-likeness (QED) is 0.429. The molecule has 6 nitrogen and oxygen atoms in total. The predicted octanol–water partition coefficient (Wildman–Crippen LogP) is 4.62. The highest BCUT2D eigenvalue weighted by molar-refractivity contribution is 7.99. The van der Waals surface area contributed by atoms with Crippen LogP contribution in [-0.2, 0) is 11.0 Å². The third kappa shape index (κ3) is 4.35. The topological polar surface area (TPSA) is 71.6 Å². The maximum absolute atomic E-state index is 12.8. The van der Waals surface area contributed by atoms with E-state index in [1.165, 1.54) is 22.6 Å². The van der Waals surface area contributed by atoms with Crippen molar-refractivity contribution < 1.29 is 22.4 Å². The molecule has 29 heavy (non-hydrogen) atoms. The van der Waals surface area contributed by atoms with Gasteiger partial charge < -0.3 is 4.42 Å². The molecule has 0 aromatic carbocycles. The van der Waals surface area contributed by atoms with Crippen molar-refractivity contribution in [1.82, 2.24) is 15.0 Å². The number of alkyl halides is 3. The normalized spacial score (nSPS) is 16.9. The van der Waals surface area contributed by atoms with Gasteiger partial charge in [0.1, 0.15) is 17.5 Å². The minimum Gasteiger partial charge on any atom is -0.467 e. The van der Waals surface area contributed by atoms with Crippen molar-refractivity contribution in [2.24, 2.45) is 5.10 Å². The summed E-state index contributed by atoms with van der Waals surface area (Å²) in [7, 11) is 0. The van der Waals surface area contributed by atoms with E-state index in [0.717, 1.165) is 34.6 Å². The van der Waals surface area contributed by atoms with Crippen LogP contribution in [0.1, 0.15) is 28.8 Å². The van der Waals surface area contributed by atoms with E-state index >= 15 is 0 Å². The molecule has 4 heterocycles. The van der Waals surface area contributed by atoms with Crippen LogP contribution in [-0.4, -0.2) is 32.3 Å². The molecule has 0 N–H and O–H groups in total. The first kappa shape index (κ1) is 19.6. The second-order valence-corrected chi connectivity index (χ2v) is 7.90. The first-order valence-electron chi connectivity index (χ1n) is 8.41. The number of hydrazone groups is 1. The van der Waals surface area contributed by atoms with Crippen LogP contribution >= 0.6 is 23.1 Å². The van der Waals surface area contributed by atoms with Gasteiger partial charge in [0.05, 0.1) is 22.6 Å². The number of thioether (sulfide) groups is 1. The SMILES string of the molecule is O=C(CSc1nccc(C(F)(F)F)n1)N1N=C(c2cccs2)C[C@@H]1c1ccco1. The molecule has 3 aromatic rings. The van der Waals surface area contributed by atoms with E-state index in [1.54, 1.807) is 12.1 Å². The van der Waals surface area contributed by atoms with E-state index in [4.69, 9.17) is 4.42 Å². The lowest BCUT2D eigenvalue weighted by molar-refractivity contribution is -0.141. The summed E-state index contributed by atoms with van der Waals surface area (Å²) in [5.41, 5.74) is -0.287. The average molecular weight is 438 g/mol. The minimum atomic E-state index is -4.57. The van der Waals surface area contributed by atoms with E-state index in [0.29, 0.717) is 12.2 Å². The number of rotatable bonds is 5. The number of nitrogens with zero attached hydrogens (tertiary/aromatic N) is 4. The lowest BCUT2D eigenvalue weighted by atomic mass is 10.1. The van der Waals surface area contributed by atoms with Crippen LogP contribution in [0.2, 0.25) is 0 Å². The first-order chi connectivity index (χ1) is 13.9. The Balaban J connectivity index is 1.51. The summed E-state index contributed by atoms with van der Waals surface area (Å²) in [4.78, 5) is 21.0. The number of furan rings is 1. The zero-order valence-corrected chi connectivity index (χ0v) is 16.3. The van der Waals surface area contributed by atoms with E-state index in [-0.39, 0.29) is 16.8 Å². The lowest BCUT2D eigenvalue weighted by Crippen LogP contribution is -2.28. The van der Waals surface area contributed by atoms with Gasteiger partial charge >= 0.3 is 6.18 Å². The number of hydrogen-bond acceptors (Lipinski definition) is 7. The Bertz CT molecular complexity index is 1020. The van der Waals surface area contributed by atoms with Crippen molar-refractivity contribution in [2.45, 2.75) is 23.8 Å². The molecular weight excluding hydrogens is 425 g/mol. The van der Waals surface area contributed by atoms with Gasteiger partial charge in [0.15, 0.2) is 5.16 Å². The third-order valence-electron chi connectivity index (χ3n) is 4.09. The fraction of sp³-hybridized carbons (Fsp3) is 0.222. The Morgan fingerprint density at radius 3 is 2.86 bits per heavy atom. The van der Waals surface area contributed by atoms with Gasteiger partial charge in [-0.2, -0.15) is 18.3 Å². The van der Waals surface area contributed by atoms with Crippen molar-refractivity contribution in [3.05, 3.63) is 64.5 Å². The van der Waals surface area contributed by atoms with Gasteiger partial charge in [-0.15, -0.1) is 11.3 Å². The summed E-state index contributed by atoms with van der Waals surface area (Å²) in [6.45, 7) is 0. The maximum Gasteiger partial charge on any atom is 0.433 e. The van der Waals surface area contributed by atoms with Crippen LogP contribution in [0.5, 0.6) is 0 Å². The lowest BCUT2D eigenvalue weighted by Gasteiger charge is -2.19. The largest absolute Gasteiger partial charge is 0.467 e. The molecule has 0 radical (unpaired) electrons. The van der Waals surface area contributed by atoms with Crippen LogP contribution in [0.4, 0.5) is 13.2 Å². The molecule has 11 heteroatoms. The molecule has 0 bridgehead atoms. The molecule has 4 rings (SSSR count). The Hall–Kier alpha value is -2.66. The Morgan fingerprint density at radius 2 is 2.17 bits per heavy atom. The zero-order chi connectivity index (χ0) is 20.4. The smallest absolute Gasteiger partial charge is 0.433 e. The molecular formula is C18H13F3N4O2S2.